The lowest BCUT2D eigenvalue weighted by Gasteiger charge is -2.35. The van der Waals surface area contributed by atoms with E-state index < -0.39 is 27.7 Å². The van der Waals surface area contributed by atoms with Crippen LogP contribution in [0.15, 0.2) is 24.3 Å². The number of hydrogen-bond acceptors (Lipinski definition) is 5. The molecular weight excluding hydrogens is 349 g/mol. The highest BCUT2D eigenvalue weighted by Crippen LogP contribution is 2.20. The van der Waals surface area contributed by atoms with E-state index in [0.29, 0.717) is 38.3 Å². The first kappa shape index (κ1) is 17.7. The zero-order valence-electron chi connectivity index (χ0n) is 13.7. The number of para-hydroxylation sites is 1. The van der Waals surface area contributed by atoms with Gasteiger partial charge in [0.05, 0.1) is 17.2 Å². The average Bonchev–Trinajstić information content (AvgIpc) is 2.93. The lowest BCUT2D eigenvalue weighted by atomic mass is 10.2. The van der Waals surface area contributed by atoms with E-state index in [1.165, 1.54) is 11.0 Å². The third-order valence-corrected chi connectivity index (χ3v) is 6.29. The number of halogens is 1. The Kier molecular flexibility index (Phi) is 4.94. The lowest BCUT2D eigenvalue weighted by Crippen LogP contribution is -2.54. The van der Waals surface area contributed by atoms with E-state index in [1.54, 1.807) is 18.2 Å². The van der Waals surface area contributed by atoms with E-state index in [0.717, 1.165) is 0 Å². The van der Waals surface area contributed by atoms with Crippen molar-refractivity contribution in [3.63, 3.8) is 0 Å². The third-order valence-electron chi connectivity index (χ3n) is 4.52. The fourth-order valence-electron chi connectivity index (χ4n) is 3.16. The molecule has 1 aromatic rings. The molecule has 2 aliphatic rings. The molecule has 0 aliphatic carbocycles. The van der Waals surface area contributed by atoms with Gasteiger partial charge in [-0.3, -0.25) is 9.59 Å². The third kappa shape index (κ3) is 4.09. The zero-order valence-corrected chi connectivity index (χ0v) is 14.5. The van der Waals surface area contributed by atoms with Gasteiger partial charge in [-0.1, -0.05) is 12.1 Å². The van der Waals surface area contributed by atoms with E-state index >= 15 is 0 Å². The van der Waals surface area contributed by atoms with Gasteiger partial charge in [0.1, 0.15) is 5.82 Å². The van der Waals surface area contributed by atoms with E-state index in [-0.39, 0.29) is 17.3 Å². The number of anilines is 1. The van der Waals surface area contributed by atoms with Gasteiger partial charge in [-0.15, -0.1) is 0 Å². The molecule has 2 heterocycles. The summed E-state index contributed by atoms with van der Waals surface area (Å²) < 4.78 is 36.6. The second kappa shape index (κ2) is 6.99. The SMILES string of the molecule is O=C(NC1CCS(=O)(=O)C1)C(=O)N1CCN(c2ccccc2F)CC1. The van der Waals surface area contributed by atoms with Crippen LogP contribution in [0.2, 0.25) is 0 Å². The first-order valence-electron chi connectivity index (χ1n) is 8.15. The minimum Gasteiger partial charge on any atom is -0.366 e. The standard InChI is InChI=1S/C16H20FN3O4S/c17-13-3-1-2-4-14(13)19-6-8-20(9-7-19)16(22)15(21)18-12-5-10-25(23,24)11-12/h1-4,12H,5-11H2,(H,18,21). The minimum absolute atomic E-state index is 0.0352. The molecule has 1 unspecified atom stereocenters. The van der Waals surface area contributed by atoms with Gasteiger partial charge in [0, 0.05) is 32.2 Å². The Morgan fingerprint density at radius 2 is 1.80 bits per heavy atom. The summed E-state index contributed by atoms with van der Waals surface area (Å²) in [7, 11) is -3.12. The van der Waals surface area contributed by atoms with Crippen LogP contribution in [0.4, 0.5) is 10.1 Å². The average molecular weight is 369 g/mol. The molecule has 2 amide bonds. The fraction of sp³-hybridized carbons (Fsp3) is 0.500. The Labute approximate surface area is 145 Å². The van der Waals surface area contributed by atoms with Gasteiger partial charge in [-0.25, -0.2) is 12.8 Å². The first-order chi connectivity index (χ1) is 11.9. The highest BCUT2D eigenvalue weighted by molar-refractivity contribution is 7.91. The van der Waals surface area contributed by atoms with Gasteiger partial charge in [0.25, 0.3) is 0 Å². The summed E-state index contributed by atoms with van der Waals surface area (Å²) in [4.78, 5) is 27.5. The summed E-state index contributed by atoms with van der Waals surface area (Å²) >= 11 is 0. The number of amides is 2. The van der Waals surface area contributed by atoms with Crippen molar-refractivity contribution >= 4 is 27.3 Å². The van der Waals surface area contributed by atoms with Crippen molar-refractivity contribution in [2.24, 2.45) is 0 Å². The molecule has 25 heavy (non-hydrogen) atoms. The van der Waals surface area contributed by atoms with Crippen molar-refractivity contribution in [2.45, 2.75) is 12.5 Å². The molecule has 2 aliphatic heterocycles. The molecule has 1 aromatic carbocycles. The number of nitrogens with zero attached hydrogens (tertiary/aromatic N) is 2. The van der Waals surface area contributed by atoms with Crippen molar-refractivity contribution in [1.82, 2.24) is 10.2 Å². The number of hydrogen-bond donors (Lipinski definition) is 1. The summed E-state index contributed by atoms with van der Waals surface area (Å²) in [6, 6.07) is 5.93. The van der Waals surface area contributed by atoms with Gasteiger partial charge >= 0.3 is 11.8 Å². The van der Waals surface area contributed by atoms with E-state index in [2.05, 4.69) is 5.32 Å². The van der Waals surface area contributed by atoms with Gasteiger partial charge in [0.15, 0.2) is 9.84 Å². The molecule has 2 saturated heterocycles. The van der Waals surface area contributed by atoms with Crippen LogP contribution in [-0.4, -0.2) is 68.9 Å². The second-order valence-electron chi connectivity index (χ2n) is 6.30. The van der Waals surface area contributed by atoms with E-state index in [9.17, 15) is 22.4 Å². The number of rotatable bonds is 2. The molecule has 136 valence electrons. The van der Waals surface area contributed by atoms with Gasteiger partial charge in [0.2, 0.25) is 0 Å². The van der Waals surface area contributed by atoms with Crippen LogP contribution in [-0.2, 0) is 19.4 Å². The molecule has 9 heteroatoms. The van der Waals surface area contributed by atoms with Crippen LogP contribution in [0, 0.1) is 5.82 Å². The second-order valence-corrected chi connectivity index (χ2v) is 8.53. The predicted octanol–water partition coefficient (Wildman–Crippen LogP) is -0.222. The molecule has 7 nitrogen and oxygen atoms in total. The van der Waals surface area contributed by atoms with Gasteiger partial charge in [-0.2, -0.15) is 0 Å². The normalized spacial score (nSPS) is 22.7. The molecule has 1 atom stereocenters. The molecule has 3 rings (SSSR count). The highest BCUT2D eigenvalue weighted by atomic mass is 32.2. The summed E-state index contributed by atoms with van der Waals surface area (Å²) in [5.41, 5.74) is 0.482. The Hall–Kier alpha value is -2.16. The molecule has 0 spiro atoms. The quantitative estimate of drug-likeness (QED) is 0.729. The number of carbonyl (C=O) groups excluding carboxylic acids is 2. The Morgan fingerprint density at radius 1 is 1.12 bits per heavy atom. The van der Waals surface area contributed by atoms with Crippen molar-refractivity contribution in [3.05, 3.63) is 30.1 Å². The molecule has 0 saturated carbocycles. The minimum atomic E-state index is -3.12. The van der Waals surface area contributed by atoms with E-state index in [4.69, 9.17) is 0 Å². The first-order valence-corrected chi connectivity index (χ1v) is 9.97. The zero-order chi connectivity index (χ0) is 18.0. The molecule has 2 fully saturated rings. The number of piperazine rings is 1. The number of sulfone groups is 1. The molecule has 0 radical (unpaired) electrons. The predicted molar refractivity (Wildman–Crippen MR) is 90.4 cm³/mol. The number of carbonyl (C=O) groups is 2. The molecule has 1 N–H and O–H groups in total. The van der Waals surface area contributed by atoms with Crippen molar-refractivity contribution in [2.75, 3.05) is 42.6 Å². The van der Waals surface area contributed by atoms with Crippen molar-refractivity contribution in [1.29, 1.82) is 0 Å². The van der Waals surface area contributed by atoms with E-state index in [1.807, 2.05) is 4.90 Å². The van der Waals surface area contributed by atoms with Gasteiger partial charge in [-0.05, 0) is 18.6 Å². The molecular formula is C16H20FN3O4S. The number of benzene rings is 1. The van der Waals surface area contributed by atoms with Crippen molar-refractivity contribution in [3.8, 4) is 0 Å². The fourth-order valence-corrected chi connectivity index (χ4v) is 4.83. The van der Waals surface area contributed by atoms with Crippen LogP contribution in [0.25, 0.3) is 0 Å². The molecule has 0 bridgehead atoms. The Balaban J connectivity index is 1.53. The smallest absolute Gasteiger partial charge is 0.312 e. The summed E-state index contributed by atoms with van der Waals surface area (Å²) in [6.07, 6.45) is 0.336. The van der Waals surface area contributed by atoms with Crippen LogP contribution in [0.1, 0.15) is 6.42 Å². The largest absolute Gasteiger partial charge is 0.366 e. The van der Waals surface area contributed by atoms with Gasteiger partial charge < -0.3 is 15.1 Å². The maximum absolute atomic E-state index is 13.8. The summed E-state index contributed by atoms with van der Waals surface area (Å²) in [5, 5.41) is 2.50. The summed E-state index contributed by atoms with van der Waals surface area (Å²) in [5.74, 6) is -1.85. The maximum atomic E-state index is 13.8. The Morgan fingerprint density at radius 3 is 2.40 bits per heavy atom. The lowest BCUT2D eigenvalue weighted by molar-refractivity contribution is -0.146. The highest BCUT2D eigenvalue weighted by Gasteiger charge is 2.32. The number of nitrogens with one attached hydrogen (secondary N) is 1. The summed E-state index contributed by atoms with van der Waals surface area (Å²) in [6.45, 7) is 1.47. The van der Waals surface area contributed by atoms with Crippen LogP contribution < -0.4 is 10.2 Å². The van der Waals surface area contributed by atoms with Crippen LogP contribution >= 0.6 is 0 Å². The van der Waals surface area contributed by atoms with Crippen molar-refractivity contribution < 1.29 is 22.4 Å². The van der Waals surface area contributed by atoms with Crippen LogP contribution in [0.3, 0.4) is 0 Å². The Bertz CT molecular complexity index is 775. The maximum Gasteiger partial charge on any atom is 0.312 e. The topological polar surface area (TPSA) is 86.8 Å². The monoisotopic (exact) mass is 369 g/mol. The molecule has 0 aromatic heterocycles. The van der Waals surface area contributed by atoms with Crippen LogP contribution in [0.5, 0.6) is 0 Å².